The topological polar surface area (TPSA) is 78.9 Å². The van der Waals surface area contributed by atoms with Crippen molar-refractivity contribution in [1.82, 2.24) is 4.90 Å². The lowest BCUT2D eigenvalue weighted by atomic mass is 10.1. The summed E-state index contributed by atoms with van der Waals surface area (Å²) in [4.78, 5) is 24.7. The van der Waals surface area contributed by atoms with Gasteiger partial charge < -0.3 is 14.7 Å². The first-order valence-corrected chi connectivity index (χ1v) is 5.89. The molecule has 1 aromatic carbocycles. The molecule has 0 radical (unpaired) electrons. The Balaban J connectivity index is 2.94. The second-order valence-electron chi connectivity index (χ2n) is 3.87. The van der Waals surface area contributed by atoms with E-state index in [-0.39, 0.29) is 24.8 Å². The van der Waals surface area contributed by atoms with E-state index in [9.17, 15) is 9.59 Å². The molecule has 19 heavy (non-hydrogen) atoms. The Bertz CT molecular complexity index is 477. The van der Waals surface area contributed by atoms with E-state index in [0.29, 0.717) is 10.6 Å². The zero-order chi connectivity index (χ0) is 14.4. The van der Waals surface area contributed by atoms with Gasteiger partial charge in [-0.05, 0) is 18.2 Å². The number of ether oxygens (including phenoxy) is 1. The summed E-state index contributed by atoms with van der Waals surface area (Å²) in [6, 6.07) is 4.54. The van der Waals surface area contributed by atoms with E-state index in [1.54, 1.807) is 20.2 Å². The molecule has 0 aliphatic heterocycles. The minimum atomic E-state index is -0.760. The van der Waals surface area contributed by atoms with Crippen LogP contribution in [-0.4, -0.2) is 49.3 Å². The van der Waals surface area contributed by atoms with Gasteiger partial charge in [0, 0.05) is 19.1 Å². The Morgan fingerprint density at radius 2 is 2.11 bits per heavy atom. The van der Waals surface area contributed by atoms with Gasteiger partial charge in [-0.3, -0.25) is 10.1 Å². The van der Waals surface area contributed by atoms with Crippen molar-refractivity contribution in [2.24, 2.45) is 0 Å². The maximum absolute atomic E-state index is 11.9. The van der Waals surface area contributed by atoms with Crippen molar-refractivity contribution in [1.29, 1.82) is 0 Å². The molecule has 0 bridgehead atoms. The quantitative estimate of drug-likeness (QED) is 0.881. The van der Waals surface area contributed by atoms with Crippen molar-refractivity contribution in [2.75, 3.05) is 32.6 Å². The van der Waals surface area contributed by atoms with Crippen LogP contribution in [-0.2, 0) is 4.74 Å². The highest BCUT2D eigenvalue weighted by Crippen LogP contribution is 2.22. The van der Waals surface area contributed by atoms with Crippen molar-refractivity contribution < 1.29 is 19.4 Å². The minimum Gasteiger partial charge on any atom is -0.447 e. The zero-order valence-electron chi connectivity index (χ0n) is 10.6. The van der Waals surface area contributed by atoms with Crippen LogP contribution in [0.4, 0.5) is 10.5 Å². The van der Waals surface area contributed by atoms with Gasteiger partial charge >= 0.3 is 6.09 Å². The van der Waals surface area contributed by atoms with E-state index >= 15 is 0 Å². The Labute approximate surface area is 115 Å². The number of aliphatic hydroxyl groups is 1. The molecule has 1 aromatic rings. The summed E-state index contributed by atoms with van der Waals surface area (Å²) in [6.45, 7) is -0.393. The molecule has 0 fully saturated rings. The number of nitrogens with one attached hydrogen (secondary N) is 1. The van der Waals surface area contributed by atoms with Gasteiger partial charge in [0.1, 0.15) is 6.61 Å². The average Bonchev–Trinajstić information content (AvgIpc) is 2.35. The van der Waals surface area contributed by atoms with Crippen molar-refractivity contribution >= 4 is 29.3 Å². The molecule has 2 N–H and O–H groups in total. The van der Waals surface area contributed by atoms with Crippen molar-refractivity contribution in [2.45, 2.75) is 0 Å². The Morgan fingerprint density at radius 3 is 2.68 bits per heavy atom. The molecule has 0 saturated carbocycles. The fourth-order valence-corrected chi connectivity index (χ4v) is 1.50. The molecule has 0 aliphatic carbocycles. The summed E-state index contributed by atoms with van der Waals surface area (Å²) < 4.78 is 4.66. The number of benzene rings is 1. The van der Waals surface area contributed by atoms with Crippen LogP contribution in [0, 0.1) is 0 Å². The third kappa shape index (κ3) is 4.42. The van der Waals surface area contributed by atoms with Crippen LogP contribution in [0.15, 0.2) is 18.2 Å². The van der Waals surface area contributed by atoms with Gasteiger partial charge in [-0.15, -0.1) is 0 Å². The molecule has 0 spiro atoms. The number of hydrogen-bond acceptors (Lipinski definition) is 4. The first kappa shape index (κ1) is 15.3. The molecular formula is C12H15ClN2O4. The summed E-state index contributed by atoms with van der Waals surface area (Å²) >= 11 is 5.83. The van der Waals surface area contributed by atoms with Crippen LogP contribution < -0.4 is 5.32 Å². The third-order valence-corrected chi connectivity index (χ3v) is 2.41. The average molecular weight is 287 g/mol. The summed E-state index contributed by atoms with van der Waals surface area (Å²) in [6.07, 6.45) is -0.760. The smallest absolute Gasteiger partial charge is 0.411 e. The lowest BCUT2D eigenvalue weighted by Crippen LogP contribution is -2.24. The maximum Gasteiger partial charge on any atom is 0.411 e. The highest BCUT2D eigenvalue weighted by Gasteiger charge is 2.16. The van der Waals surface area contributed by atoms with Gasteiger partial charge in [0.15, 0.2) is 0 Å². The van der Waals surface area contributed by atoms with E-state index in [2.05, 4.69) is 10.1 Å². The Kier molecular flexibility index (Phi) is 5.59. The monoisotopic (exact) mass is 286 g/mol. The number of amides is 2. The molecule has 1 rings (SSSR count). The number of anilines is 1. The predicted octanol–water partition coefficient (Wildman–Crippen LogP) is 1.58. The Hall–Kier alpha value is -1.79. The highest BCUT2D eigenvalue weighted by molar-refractivity contribution is 6.31. The standard InChI is InChI=1S/C12H15ClN2O4/c1-15(2)11(17)9-4-3-8(13)7-10(9)14-12(18)19-6-5-16/h3-4,7,16H,5-6H2,1-2H3,(H,14,18). The van der Waals surface area contributed by atoms with Crippen LogP contribution in [0.1, 0.15) is 10.4 Å². The van der Waals surface area contributed by atoms with Gasteiger partial charge in [-0.1, -0.05) is 11.6 Å². The predicted molar refractivity (Wildman–Crippen MR) is 71.5 cm³/mol. The zero-order valence-corrected chi connectivity index (χ0v) is 11.4. The molecule has 7 heteroatoms. The SMILES string of the molecule is CN(C)C(=O)c1ccc(Cl)cc1NC(=O)OCCO. The molecule has 0 saturated heterocycles. The molecule has 0 heterocycles. The van der Waals surface area contributed by atoms with Crippen molar-refractivity contribution in [3.63, 3.8) is 0 Å². The van der Waals surface area contributed by atoms with E-state index in [1.807, 2.05) is 0 Å². The first-order chi connectivity index (χ1) is 8.95. The minimum absolute atomic E-state index is 0.122. The third-order valence-electron chi connectivity index (χ3n) is 2.18. The van der Waals surface area contributed by atoms with Gasteiger partial charge in [0.25, 0.3) is 5.91 Å². The summed E-state index contributed by atoms with van der Waals surface area (Å²) in [5.74, 6) is -0.269. The largest absolute Gasteiger partial charge is 0.447 e. The van der Waals surface area contributed by atoms with Crippen LogP contribution in [0.2, 0.25) is 5.02 Å². The highest BCUT2D eigenvalue weighted by atomic mass is 35.5. The van der Waals surface area contributed by atoms with Crippen LogP contribution in [0.5, 0.6) is 0 Å². The molecule has 104 valence electrons. The number of aliphatic hydroxyl groups excluding tert-OH is 1. The number of carbonyl (C=O) groups is 2. The number of nitrogens with zero attached hydrogens (tertiary/aromatic N) is 1. The van der Waals surface area contributed by atoms with Gasteiger partial charge in [0.2, 0.25) is 0 Å². The molecule has 0 unspecified atom stereocenters. The van der Waals surface area contributed by atoms with Crippen molar-refractivity contribution in [3.05, 3.63) is 28.8 Å². The van der Waals surface area contributed by atoms with Gasteiger partial charge in [-0.2, -0.15) is 0 Å². The first-order valence-electron chi connectivity index (χ1n) is 5.51. The van der Waals surface area contributed by atoms with E-state index in [4.69, 9.17) is 16.7 Å². The number of halogens is 1. The number of rotatable bonds is 4. The fraction of sp³-hybridized carbons (Fsp3) is 0.333. The number of carbonyl (C=O) groups excluding carboxylic acids is 2. The normalized spacial score (nSPS) is 9.89. The molecule has 2 amide bonds. The molecule has 0 atom stereocenters. The summed E-state index contributed by atoms with van der Waals surface area (Å²) in [7, 11) is 3.20. The summed E-state index contributed by atoms with van der Waals surface area (Å²) in [5, 5.41) is 11.4. The van der Waals surface area contributed by atoms with Crippen LogP contribution in [0.25, 0.3) is 0 Å². The lowest BCUT2D eigenvalue weighted by molar-refractivity contribution is 0.0828. The Morgan fingerprint density at radius 1 is 1.42 bits per heavy atom. The van der Waals surface area contributed by atoms with E-state index in [1.165, 1.54) is 17.0 Å². The maximum atomic E-state index is 11.9. The van der Waals surface area contributed by atoms with Crippen LogP contribution in [0.3, 0.4) is 0 Å². The lowest BCUT2D eigenvalue weighted by Gasteiger charge is -2.15. The summed E-state index contributed by atoms with van der Waals surface area (Å²) in [5.41, 5.74) is 0.560. The molecule has 6 nitrogen and oxygen atoms in total. The van der Waals surface area contributed by atoms with Crippen LogP contribution >= 0.6 is 11.6 Å². The number of hydrogen-bond donors (Lipinski definition) is 2. The second-order valence-corrected chi connectivity index (χ2v) is 4.31. The van der Waals surface area contributed by atoms with E-state index in [0.717, 1.165) is 0 Å². The molecular weight excluding hydrogens is 272 g/mol. The van der Waals surface area contributed by atoms with Crippen molar-refractivity contribution in [3.8, 4) is 0 Å². The van der Waals surface area contributed by atoms with Gasteiger partial charge in [-0.25, -0.2) is 4.79 Å². The van der Waals surface area contributed by atoms with Gasteiger partial charge in [0.05, 0.1) is 17.9 Å². The fourth-order valence-electron chi connectivity index (χ4n) is 1.33. The molecule has 0 aromatic heterocycles. The van der Waals surface area contributed by atoms with E-state index < -0.39 is 6.09 Å². The second kappa shape index (κ2) is 6.96. The molecule has 0 aliphatic rings.